The predicted octanol–water partition coefficient (Wildman–Crippen LogP) is -0.0927. The van der Waals surface area contributed by atoms with Gasteiger partial charge in [0, 0.05) is 12.2 Å². The molecule has 12 heteroatoms. The number of unbranched alkanes of at least 4 members (excludes halogenated alkanes) is 1. The molecule has 0 aliphatic carbocycles. The molecule has 0 aliphatic heterocycles. The van der Waals surface area contributed by atoms with Gasteiger partial charge in [-0.2, -0.15) is 24.4 Å². The van der Waals surface area contributed by atoms with Crippen molar-refractivity contribution in [1.82, 2.24) is 16.0 Å². The number of thioether (sulfide) groups is 1. The molecule has 1 rings (SSSR count). The molecule has 8 N–H and O–H groups in total. The Morgan fingerprint density at radius 1 is 0.943 bits per heavy atom. The van der Waals surface area contributed by atoms with Gasteiger partial charge in [-0.3, -0.25) is 14.4 Å². The van der Waals surface area contributed by atoms with Gasteiger partial charge in [0.1, 0.15) is 18.1 Å². The Kier molecular flexibility index (Phi) is 15.1. The second-order valence-electron chi connectivity index (χ2n) is 8.07. The van der Waals surface area contributed by atoms with Crippen LogP contribution >= 0.6 is 24.4 Å². The molecule has 3 amide bonds. The number of carboxylic acids is 1. The summed E-state index contributed by atoms with van der Waals surface area (Å²) in [4.78, 5) is 50.2. The van der Waals surface area contributed by atoms with Crippen molar-refractivity contribution in [3.05, 3.63) is 35.9 Å². The van der Waals surface area contributed by atoms with Gasteiger partial charge in [-0.25, -0.2) is 4.79 Å². The lowest BCUT2D eigenvalue weighted by Gasteiger charge is -2.25. The molecule has 10 nitrogen and oxygen atoms in total. The smallest absolute Gasteiger partial charge is 0.326 e. The highest BCUT2D eigenvalue weighted by molar-refractivity contribution is 7.98. The molecule has 35 heavy (non-hydrogen) atoms. The van der Waals surface area contributed by atoms with Crippen molar-refractivity contribution in [2.45, 2.75) is 56.3 Å². The number of carboxylic acid groups (broad SMARTS) is 1. The van der Waals surface area contributed by atoms with Gasteiger partial charge in [0.05, 0.1) is 6.04 Å². The van der Waals surface area contributed by atoms with Crippen molar-refractivity contribution in [1.29, 1.82) is 0 Å². The lowest BCUT2D eigenvalue weighted by Crippen LogP contribution is -2.57. The molecule has 0 saturated carbocycles. The van der Waals surface area contributed by atoms with Gasteiger partial charge in [0.25, 0.3) is 0 Å². The van der Waals surface area contributed by atoms with Crippen LogP contribution in [0.25, 0.3) is 0 Å². The highest BCUT2D eigenvalue weighted by Crippen LogP contribution is 2.08. The van der Waals surface area contributed by atoms with Gasteiger partial charge in [-0.15, -0.1) is 0 Å². The number of aliphatic carboxylic acids is 1. The summed E-state index contributed by atoms with van der Waals surface area (Å²) in [6.07, 6.45) is 3.74. The van der Waals surface area contributed by atoms with Gasteiger partial charge < -0.3 is 32.5 Å². The monoisotopic (exact) mass is 527 g/mol. The zero-order valence-electron chi connectivity index (χ0n) is 19.9. The van der Waals surface area contributed by atoms with Crippen LogP contribution < -0.4 is 27.4 Å². The van der Waals surface area contributed by atoms with Crippen molar-refractivity contribution in [2.24, 2.45) is 11.5 Å². The van der Waals surface area contributed by atoms with Gasteiger partial charge in [-0.05, 0) is 49.8 Å². The summed E-state index contributed by atoms with van der Waals surface area (Å²) in [7, 11) is 0. The van der Waals surface area contributed by atoms with Crippen LogP contribution in [0.3, 0.4) is 0 Å². The van der Waals surface area contributed by atoms with Crippen molar-refractivity contribution in [2.75, 3.05) is 24.3 Å². The molecule has 0 aromatic heterocycles. The average Bonchev–Trinajstić information content (AvgIpc) is 2.85. The number of carbonyl (C=O) groups is 4. The maximum atomic E-state index is 13.1. The molecule has 4 unspecified atom stereocenters. The molecule has 0 fully saturated rings. The van der Waals surface area contributed by atoms with E-state index in [1.807, 2.05) is 12.3 Å². The Hall–Kier alpha value is -2.28. The zero-order valence-corrected chi connectivity index (χ0v) is 21.7. The van der Waals surface area contributed by atoms with Crippen LogP contribution in [0.15, 0.2) is 30.3 Å². The number of thiol groups is 1. The summed E-state index contributed by atoms with van der Waals surface area (Å²) < 4.78 is 0. The summed E-state index contributed by atoms with van der Waals surface area (Å²) in [5.41, 5.74) is 12.0. The fraction of sp³-hybridized carbons (Fsp3) is 0.565. The van der Waals surface area contributed by atoms with E-state index in [4.69, 9.17) is 11.5 Å². The lowest BCUT2D eigenvalue weighted by molar-refractivity contribution is -0.142. The lowest BCUT2D eigenvalue weighted by atomic mass is 10.0. The van der Waals surface area contributed by atoms with E-state index in [1.54, 1.807) is 24.3 Å². The summed E-state index contributed by atoms with van der Waals surface area (Å²) in [6.45, 7) is 0.424. The number of hydrogen-bond donors (Lipinski definition) is 7. The van der Waals surface area contributed by atoms with Crippen molar-refractivity contribution in [3.63, 3.8) is 0 Å². The molecule has 0 spiro atoms. The Balaban J connectivity index is 3.05. The van der Waals surface area contributed by atoms with Crippen molar-refractivity contribution >= 4 is 48.1 Å². The fourth-order valence-electron chi connectivity index (χ4n) is 3.22. The third kappa shape index (κ3) is 11.8. The largest absolute Gasteiger partial charge is 0.480 e. The van der Waals surface area contributed by atoms with E-state index in [1.165, 1.54) is 11.8 Å². The van der Waals surface area contributed by atoms with Crippen molar-refractivity contribution < 1.29 is 24.3 Å². The third-order valence-electron chi connectivity index (χ3n) is 5.25. The van der Waals surface area contributed by atoms with E-state index in [9.17, 15) is 24.3 Å². The van der Waals surface area contributed by atoms with Gasteiger partial charge in [0.2, 0.25) is 17.7 Å². The number of nitrogens with one attached hydrogen (secondary N) is 3. The molecule has 1 aromatic rings. The fourth-order valence-corrected chi connectivity index (χ4v) is 3.86. The van der Waals surface area contributed by atoms with Gasteiger partial charge in [0.15, 0.2) is 0 Å². The summed E-state index contributed by atoms with van der Waals surface area (Å²) in [5.74, 6) is -2.15. The van der Waals surface area contributed by atoms with Gasteiger partial charge >= 0.3 is 5.97 Å². The first kappa shape index (κ1) is 30.8. The highest BCUT2D eigenvalue weighted by Gasteiger charge is 2.30. The quantitative estimate of drug-likeness (QED) is 0.109. The minimum Gasteiger partial charge on any atom is -0.480 e. The molecule has 4 atom stereocenters. The maximum Gasteiger partial charge on any atom is 0.326 e. The van der Waals surface area contributed by atoms with E-state index in [2.05, 4.69) is 28.6 Å². The number of carbonyl (C=O) groups excluding carboxylic acids is 3. The molecular weight excluding hydrogens is 490 g/mol. The highest BCUT2D eigenvalue weighted by atomic mass is 32.2. The second kappa shape index (κ2) is 17.2. The van der Waals surface area contributed by atoms with E-state index in [-0.39, 0.29) is 18.6 Å². The van der Waals surface area contributed by atoms with Crippen LogP contribution in [-0.2, 0) is 25.6 Å². The van der Waals surface area contributed by atoms with Crippen molar-refractivity contribution in [3.8, 4) is 0 Å². The standard InChI is InChI=1S/C23H37N5O5S2/c1-35-12-10-17(26-20(29)16(25)14-34)21(30)28-19(13-15-7-3-2-4-8-15)22(31)27-18(23(32)33)9-5-6-11-24/h2-4,7-8,16-19,34H,5-6,9-14,24-25H2,1H3,(H,26,29)(H,27,31)(H,28,30)(H,32,33). The average molecular weight is 528 g/mol. The van der Waals surface area contributed by atoms with Gasteiger partial charge in [-0.1, -0.05) is 30.3 Å². The molecule has 1 aromatic carbocycles. The van der Waals surface area contributed by atoms with Crippen LogP contribution in [0.4, 0.5) is 0 Å². The summed E-state index contributed by atoms with van der Waals surface area (Å²) in [6, 6.07) is 5.11. The number of amides is 3. The first-order chi connectivity index (χ1) is 16.7. The van der Waals surface area contributed by atoms with Crippen LogP contribution in [0.5, 0.6) is 0 Å². The van der Waals surface area contributed by atoms with E-state index >= 15 is 0 Å². The number of benzene rings is 1. The van der Waals surface area contributed by atoms with E-state index < -0.39 is 47.9 Å². The Morgan fingerprint density at radius 3 is 2.11 bits per heavy atom. The second-order valence-corrected chi connectivity index (χ2v) is 9.42. The van der Waals surface area contributed by atoms with Crippen LogP contribution in [0.2, 0.25) is 0 Å². The first-order valence-corrected chi connectivity index (χ1v) is 13.5. The molecule has 0 saturated heterocycles. The number of rotatable bonds is 17. The van der Waals surface area contributed by atoms with E-state index in [0.29, 0.717) is 31.6 Å². The summed E-state index contributed by atoms with van der Waals surface area (Å²) >= 11 is 5.52. The molecule has 196 valence electrons. The Labute approximate surface area is 216 Å². The van der Waals surface area contributed by atoms with Crippen LogP contribution in [0, 0.1) is 0 Å². The van der Waals surface area contributed by atoms with Crippen LogP contribution in [0.1, 0.15) is 31.2 Å². The predicted molar refractivity (Wildman–Crippen MR) is 141 cm³/mol. The van der Waals surface area contributed by atoms with Crippen LogP contribution in [-0.4, -0.2) is 77.3 Å². The Morgan fingerprint density at radius 2 is 1.54 bits per heavy atom. The topological polar surface area (TPSA) is 177 Å². The summed E-state index contributed by atoms with van der Waals surface area (Å²) in [5, 5.41) is 17.4. The molecule has 0 bridgehead atoms. The molecule has 0 radical (unpaired) electrons. The Bertz CT molecular complexity index is 815. The minimum absolute atomic E-state index is 0.114. The minimum atomic E-state index is -1.16. The maximum absolute atomic E-state index is 13.1. The number of nitrogens with two attached hydrogens (primary N) is 2. The normalized spacial score (nSPS) is 14.3. The van der Waals surface area contributed by atoms with E-state index in [0.717, 1.165) is 5.56 Å². The number of hydrogen-bond acceptors (Lipinski definition) is 8. The SMILES string of the molecule is CSCCC(NC(=O)C(N)CS)C(=O)NC(Cc1ccccc1)C(=O)NC(CCCCN)C(=O)O. The molecule has 0 aliphatic rings. The zero-order chi connectivity index (χ0) is 26.2. The molecule has 0 heterocycles. The first-order valence-electron chi connectivity index (χ1n) is 11.5. The third-order valence-corrected chi connectivity index (χ3v) is 6.29. The molecular formula is C23H37N5O5S2.